The molecular formula is C14H18N2O4S. The lowest BCUT2D eigenvalue weighted by Gasteiger charge is -2.15. The van der Waals surface area contributed by atoms with E-state index >= 15 is 0 Å². The monoisotopic (exact) mass is 310 g/mol. The maximum absolute atomic E-state index is 12.1. The summed E-state index contributed by atoms with van der Waals surface area (Å²) in [6, 6.07) is 7.15. The Hall–Kier alpha value is -1.89. The van der Waals surface area contributed by atoms with Gasteiger partial charge in [0.25, 0.3) is 0 Å². The van der Waals surface area contributed by atoms with Gasteiger partial charge in [-0.3, -0.25) is 9.59 Å². The van der Waals surface area contributed by atoms with Crippen LogP contribution in [0.3, 0.4) is 0 Å². The van der Waals surface area contributed by atoms with Crippen molar-refractivity contribution >= 4 is 21.7 Å². The average molecular weight is 310 g/mol. The average Bonchev–Trinajstić information content (AvgIpc) is 2.64. The number of hydrogen-bond acceptors (Lipinski definition) is 4. The summed E-state index contributed by atoms with van der Waals surface area (Å²) in [5, 5.41) is 5.20. The molecule has 1 saturated heterocycles. The van der Waals surface area contributed by atoms with Crippen LogP contribution in [0.1, 0.15) is 19.3 Å². The molecule has 2 rings (SSSR count). The van der Waals surface area contributed by atoms with Crippen LogP contribution in [-0.4, -0.2) is 38.6 Å². The van der Waals surface area contributed by atoms with Gasteiger partial charge < -0.3 is 10.6 Å². The minimum absolute atomic E-state index is 0.102. The van der Waals surface area contributed by atoms with Gasteiger partial charge >= 0.3 is 0 Å². The van der Waals surface area contributed by atoms with Gasteiger partial charge in [-0.1, -0.05) is 18.2 Å². The van der Waals surface area contributed by atoms with E-state index in [-0.39, 0.29) is 10.8 Å². The lowest BCUT2D eigenvalue weighted by atomic mass is 10.1. The first-order valence-corrected chi connectivity index (χ1v) is 8.49. The van der Waals surface area contributed by atoms with Crippen LogP contribution < -0.4 is 10.6 Å². The molecule has 21 heavy (non-hydrogen) atoms. The van der Waals surface area contributed by atoms with Crippen molar-refractivity contribution in [3.63, 3.8) is 0 Å². The fraction of sp³-hybridized carbons (Fsp3) is 0.429. The Labute approximate surface area is 123 Å². The van der Waals surface area contributed by atoms with Crippen molar-refractivity contribution in [1.29, 1.82) is 0 Å². The summed E-state index contributed by atoms with van der Waals surface area (Å²) >= 11 is 0. The zero-order chi connectivity index (χ0) is 15.3. The molecule has 0 aromatic heterocycles. The highest BCUT2D eigenvalue weighted by Crippen LogP contribution is 2.10. The predicted molar refractivity (Wildman–Crippen MR) is 77.3 cm³/mol. The summed E-state index contributed by atoms with van der Waals surface area (Å²) in [7, 11) is -3.68. The molecule has 1 atom stereocenters. The molecule has 0 saturated carbocycles. The van der Waals surface area contributed by atoms with Crippen LogP contribution in [0, 0.1) is 0 Å². The van der Waals surface area contributed by atoms with Crippen LogP contribution in [0.2, 0.25) is 0 Å². The van der Waals surface area contributed by atoms with E-state index in [9.17, 15) is 18.0 Å². The summed E-state index contributed by atoms with van der Waals surface area (Å²) in [5.41, 5.74) is 0. The van der Waals surface area contributed by atoms with Gasteiger partial charge in [0.2, 0.25) is 11.8 Å². The van der Waals surface area contributed by atoms with Crippen LogP contribution in [0.4, 0.5) is 0 Å². The van der Waals surface area contributed by atoms with Gasteiger partial charge in [-0.05, 0) is 31.4 Å². The van der Waals surface area contributed by atoms with Crippen molar-refractivity contribution < 1.29 is 18.0 Å². The normalized spacial score (nSPS) is 19.4. The third-order valence-electron chi connectivity index (χ3n) is 3.29. The number of hydrogen-bond donors (Lipinski definition) is 2. The second kappa shape index (κ2) is 6.71. The third kappa shape index (κ3) is 4.29. The number of rotatable bonds is 4. The van der Waals surface area contributed by atoms with Gasteiger partial charge in [0.05, 0.1) is 4.90 Å². The van der Waals surface area contributed by atoms with Crippen molar-refractivity contribution in [3.05, 3.63) is 30.3 Å². The predicted octanol–water partition coefficient (Wildman–Crippen LogP) is 0.245. The first-order chi connectivity index (χ1) is 9.99. The molecule has 1 aliphatic heterocycles. The molecule has 1 aromatic carbocycles. The summed E-state index contributed by atoms with van der Waals surface area (Å²) in [6.07, 6.45) is 2.21. The SMILES string of the molecule is O=C(CS(=O)(=O)c1ccccc1)N[C@H]1CCCCNC1=O. The molecule has 0 aliphatic carbocycles. The minimum Gasteiger partial charge on any atom is -0.354 e. The molecule has 0 unspecified atom stereocenters. The van der Waals surface area contributed by atoms with Crippen molar-refractivity contribution in [2.24, 2.45) is 0 Å². The Morgan fingerprint density at radius 2 is 1.95 bits per heavy atom. The second-order valence-corrected chi connectivity index (χ2v) is 6.97. The molecule has 1 heterocycles. The minimum atomic E-state index is -3.68. The van der Waals surface area contributed by atoms with Gasteiger partial charge in [-0.25, -0.2) is 8.42 Å². The fourth-order valence-corrected chi connectivity index (χ4v) is 3.36. The zero-order valence-corrected chi connectivity index (χ0v) is 12.4. The van der Waals surface area contributed by atoms with Gasteiger partial charge in [0, 0.05) is 6.54 Å². The molecule has 7 heteroatoms. The highest BCUT2D eigenvalue weighted by Gasteiger charge is 2.25. The Morgan fingerprint density at radius 3 is 2.67 bits per heavy atom. The summed E-state index contributed by atoms with van der Waals surface area (Å²) < 4.78 is 24.1. The first kappa shape index (κ1) is 15.5. The summed E-state index contributed by atoms with van der Waals surface area (Å²) in [4.78, 5) is 23.7. The van der Waals surface area contributed by atoms with Crippen LogP contribution >= 0.6 is 0 Å². The van der Waals surface area contributed by atoms with Crippen molar-refractivity contribution in [1.82, 2.24) is 10.6 Å². The van der Waals surface area contributed by atoms with Crippen LogP contribution in [0.15, 0.2) is 35.2 Å². The number of benzene rings is 1. The molecular weight excluding hydrogens is 292 g/mol. The van der Waals surface area contributed by atoms with E-state index in [0.717, 1.165) is 12.8 Å². The number of nitrogens with one attached hydrogen (secondary N) is 2. The van der Waals surface area contributed by atoms with E-state index in [1.54, 1.807) is 18.2 Å². The topological polar surface area (TPSA) is 92.3 Å². The molecule has 0 bridgehead atoms. The number of amides is 2. The number of carbonyl (C=O) groups excluding carboxylic acids is 2. The van der Waals surface area contributed by atoms with Crippen LogP contribution in [0.25, 0.3) is 0 Å². The summed E-state index contributed by atoms with van der Waals surface area (Å²) in [6.45, 7) is 0.591. The van der Waals surface area contributed by atoms with E-state index in [4.69, 9.17) is 0 Å². The first-order valence-electron chi connectivity index (χ1n) is 6.84. The number of sulfone groups is 1. The lowest BCUT2D eigenvalue weighted by molar-refractivity contribution is -0.127. The highest BCUT2D eigenvalue weighted by atomic mass is 32.2. The molecule has 6 nitrogen and oxygen atoms in total. The molecule has 0 spiro atoms. The van der Waals surface area contributed by atoms with Gasteiger partial charge in [-0.15, -0.1) is 0 Å². The lowest BCUT2D eigenvalue weighted by Crippen LogP contribution is -2.47. The molecule has 1 fully saturated rings. The van der Waals surface area contributed by atoms with Gasteiger partial charge in [0.1, 0.15) is 11.8 Å². The standard InChI is InChI=1S/C14H18N2O4S/c17-13(16-12-8-4-5-9-15-14(12)18)10-21(19,20)11-6-2-1-3-7-11/h1-3,6-7,12H,4-5,8-10H2,(H,15,18)(H,16,17)/t12-/m0/s1. The second-order valence-electron chi connectivity index (χ2n) is 4.98. The van der Waals surface area contributed by atoms with Crippen molar-refractivity contribution in [2.75, 3.05) is 12.3 Å². The third-order valence-corrected chi connectivity index (χ3v) is 4.93. The fourth-order valence-electron chi connectivity index (χ4n) is 2.20. The van der Waals surface area contributed by atoms with Crippen molar-refractivity contribution in [2.45, 2.75) is 30.2 Å². The molecule has 114 valence electrons. The van der Waals surface area contributed by atoms with Gasteiger partial charge in [-0.2, -0.15) is 0 Å². The van der Waals surface area contributed by atoms with E-state index in [1.807, 2.05) is 0 Å². The maximum Gasteiger partial charge on any atom is 0.242 e. The maximum atomic E-state index is 12.1. The molecule has 0 radical (unpaired) electrons. The molecule has 1 aromatic rings. The quantitative estimate of drug-likeness (QED) is 0.833. The van der Waals surface area contributed by atoms with E-state index in [1.165, 1.54) is 12.1 Å². The Bertz CT molecular complexity index is 613. The van der Waals surface area contributed by atoms with E-state index in [2.05, 4.69) is 10.6 Å². The van der Waals surface area contributed by atoms with E-state index in [0.29, 0.717) is 13.0 Å². The number of carbonyl (C=O) groups is 2. The van der Waals surface area contributed by atoms with E-state index < -0.39 is 27.5 Å². The Kier molecular flexibility index (Phi) is 4.95. The Morgan fingerprint density at radius 1 is 1.24 bits per heavy atom. The van der Waals surface area contributed by atoms with Crippen LogP contribution in [-0.2, 0) is 19.4 Å². The molecule has 2 amide bonds. The van der Waals surface area contributed by atoms with Crippen molar-refractivity contribution in [3.8, 4) is 0 Å². The molecule has 2 N–H and O–H groups in total. The largest absolute Gasteiger partial charge is 0.354 e. The van der Waals surface area contributed by atoms with Crippen LogP contribution in [0.5, 0.6) is 0 Å². The zero-order valence-electron chi connectivity index (χ0n) is 11.5. The molecule has 1 aliphatic rings. The summed E-state index contributed by atoms with van der Waals surface area (Å²) in [5.74, 6) is -1.56. The van der Waals surface area contributed by atoms with Gasteiger partial charge in [0.15, 0.2) is 9.84 Å². The highest BCUT2D eigenvalue weighted by molar-refractivity contribution is 7.92. The Balaban J connectivity index is 1.99. The smallest absolute Gasteiger partial charge is 0.242 e.